The second-order valence-electron chi connectivity index (χ2n) is 9.51. The zero-order valence-electron chi connectivity index (χ0n) is 18.6. The molecule has 0 spiro atoms. The van der Waals surface area contributed by atoms with Crippen molar-refractivity contribution in [3.63, 3.8) is 0 Å². The summed E-state index contributed by atoms with van der Waals surface area (Å²) in [6.45, 7) is 6.45. The Hall–Kier alpha value is -4.06. The van der Waals surface area contributed by atoms with Crippen molar-refractivity contribution in [1.82, 2.24) is 14.8 Å². The van der Waals surface area contributed by atoms with E-state index < -0.39 is 6.17 Å². The smallest absolute Gasteiger partial charge is 0.280 e. The van der Waals surface area contributed by atoms with Gasteiger partial charge in [-0.15, -0.1) is 0 Å². The van der Waals surface area contributed by atoms with Crippen LogP contribution in [0.15, 0.2) is 77.6 Å². The van der Waals surface area contributed by atoms with Gasteiger partial charge in [0, 0.05) is 22.3 Å². The van der Waals surface area contributed by atoms with Crippen LogP contribution in [-0.2, 0) is 5.41 Å². The number of anilines is 1. The van der Waals surface area contributed by atoms with Crippen molar-refractivity contribution in [2.75, 3.05) is 4.90 Å². The molecule has 0 aliphatic carbocycles. The van der Waals surface area contributed by atoms with Crippen molar-refractivity contribution in [3.05, 3.63) is 99.8 Å². The van der Waals surface area contributed by atoms with Gasteiger partial charge in [-0.2, -0.15) is 10.1 Å². The Morgan fingerprint density at radius 1 is 0.818 bits per heavy atom. The third-order valence-electron chi connectivity index (χ3n) is 6.43. The molecule has 0 fully saturated rings. The van der Waals surface area contributed by atoms with Crippen molar-refractivity contribution in [1.29, 1.82) is 0 Å². The normalized spacial score (nSPS) is 16.2. The van der Waals surface area contributed by atoms with Gasteiger partial charge in [0.15, 0.2) is 17.7 Å². The summed E-state index contributed by atoms with van der Waals surface area (Å²) < 4.78 is 1.72. The summed E-state index contributed by atoms with van der Waals surface area (Å²) in [5.74, 6) is 0.390. The number of nitrogens with zero attached hydrogens (tertiary/aromatic N) is 4. The summed E-state index contributed by atoms with van der Waals surface area (Å²) in [4.78, 5) is 32.7. The number of para-hydroxylation sites is 1. The Balaban J connectivity index is 1.59. The van der Waals surface area contributed by atoms with Gasteiger partial charge in [0.05, 0.1) is 5.69 Å². The van der Waals surface area contributed by atoms with Gasteiger partial charge in [-0.3, -0.25) is 14.5 Å². The van der Waals surface area contributed by atoms with Crippen LogP contribution in [0.2, 0.25) is 0 Å². The summed E-state index contributed by atoms with van der Waals surface area (Å²) in [7, 11) is 0. The van der Waals surface area contributed by atoms with Crippen LogP contribution in [-0.4, -0.2) is 20.7 Å². The maximum absolute atomic E-state index is 13.4. The fraction of sp³-hybridized carbons (Fsp3) is 0.185. The Labute approximate surface area is 191 Å². The lowest BCUT2D eigenvalue weighted by Gasteiger charge is -2.34. The number of rotatable bonds is 1. The first-order valence-corrected chi connectivity index (χ1v) is 11.0. The zero-order valence-corrected chi connectivity index (χ0v) is 18.6. The monoisotopic (exact) mass is 434 g/mol. The summed E-state index contributed by atoms with van der Waals surface area (Å²) in [6, 6.07) is 23.0. The summed E-state index contributed by atoms with van der Waals surface area (Å²) in [5, 5.41) is 4.80. The predicted octanol–water partition coefficient (Wildman–Crippen LogP) is 4.79. The molecule has 2 aliphatic rings. The first-order chi connectivity index (χ1) is 15.8. The fourth-order valence-corrected chi connectivity index (χ4v) is 4.71. The number of hydrogen-bond acceptors (Lipinski definition) is 4. The molecule has 0 bridgehead atoms. The largest absolute Gasteiger partial charge is 0.300 e. The van der Waals surface area contributed by atoms with Crippen molar-refractivity contribution in [3.8, 4) is 22.6 Å². The molecule has 0 saturated heterocycles. The number of fused-ring (bicyclic) bond motifs is 8. The first kappa shape index (κ1) is 19.6. The van der Waals surface area contributed by atoms with Crippen molar-refractivity contribution in [2.45, 2.75) is 32.4 Å². The molecule has 1 unspecified atom stereocenters. The lowest BCUT2D eigenvalue weighted by molar-refractivity contribution is 0.0986. The van der Waals surface area contributed by atoms with Gasteiger partial charge in [0.25, 0.3) is 11.5 Å². The number of carbonyl (C=O) groups is 1. The molecule has 2 aliphatic heterocycles. The van der Waals surface area contributed by atoms with Crippen LogP contribution in [0.1, 0.15) is 48.4 Å². The Bertz CT molecular complexity index is 1500. The summed E-state index contributed by atoms with van der Waals surface area (Å²) in [6.07, 6.45) is -0.487. The van der Waals surface area contributed by atoms with Crippen molar-refractivity contribution >= 4 is 11.6 Å². The maximum atomic E-state index is 13.4. The minimum Gasteiger partial charge on any atom is -0.280 e. The van der Waals surface area contributed by atoms with E-state index >= 15 is 0 Å². The van der Waals surface area contributed by atoms with E-state index in [1.54, 1.807) is 9.58 Å². The van der Waals surface area contributed by atoms with Crippen LogP contribution < -0.4 is 10.5 Å². The quantitative estimate of drug-likeness (QED) is 0.432. The van der Waals surface area contributed by atoms with Crippen LogP contribution >= 0.6 is 0 Å². The van der Waals surface area contributed by atoms with E-state index in [9.17, 15) is 9.59 Å². The zero-order chi connectivity index (χ0) is 22.9. The summed E-state index contributed by atoms with van der Waals surface area (Å²) in [5.41, 5.74) is 4.72. The van der Waals surface area contributed by atoms with E-state index in [0.717, 1.165) is 11.3 Å². The second-order valence-corrected chi connectivity index (χ2v) is 9.51. The highest BCUT2D eigenvalue weighted by molar-refractivity contribution is 6.13. The number of hydrogen-bond donors (Lipinski definition) is 0. The minimum absolute atomic E-state index is 0.00718. The molecule has 4 aromatic rings. The predicted molar refractivity (Wildman–Crippen MR) is 127 cm³/mol. The van der Waals surface area contributed by atoms with Gasteiger partial charge in [0.1, 0.15) is 0 Å². The molecular formula is C27H22N4O2. The van der Waals surface area contributed by atoms with Crippen molar-refractivity contribution < 1.29 is 4.79 Å². The Morgan fingerprint density at radius 3 is 2.21 bits per heavy atom. The standard InChI is InChI=1S/C27H22N4O2/c1-27(2,3)17-14-12-16(13-15-17)22-24(32)28-23-20-10-6-7-11-21(20)30-25(31(23)29-22)18-8-4-5-9-19(18)26(30)33/h4-15,25H,1-3H3. The van der Waals surface area contributed by atoms with E-state index in [4.69, 9.17) is 5.10 Å². The molecule has 1 amide bonds. The highest BCUT2D eigenvalue weighted by Crippen LogP contribution is 2.46. The molecule has 33 heavy (non-hydrogen) atoms. The third kappa shape index (κ3) is 2.80. The van der Waals surface area contributed by atoms with Gasteiger partial charge < -0.3 is 0 Å². The highest BCUT2D eigenvalue weighted by atomic mass is 16.2. The van der Waals surface area contributed by atoms with Gasteiger partial charge in [0.2, 0.25) is 0 Å². The molecule has 6 heteroatoms. The average Bonchev–Trinajstić information content (AvgIpc) is 3.11. The molecule has 6 nitrogen and oxygen atoms in total. The fourth-order valence-electron chi connectivity index (χ4n) is 4.71. The maximum Gasteiger partial charge on any atom is 0.300 e. The van der Waals surface area contributed by atoms with E-state index in [0.29, 0.717) is 22.5 Å². The highest BCUT2D eigenvalue weighted by Gasteiger charge is 2.44. The Morgan fingerprint density at radius 2 is 1.48 bits per heavy atom. The van der Waals surface area contributed by atoms with Gasteiger partial charge in [-0.25, -0.2) is 4.68 Å². The second kappa shape index (κ2) is 6.72. The number of aromatic nitrogens is 3. The molecule has 0 radical (unpaired) electrons. The number of amides is 1. The van der Waals surface area contributed by atoms with E-state index in [1.165, 1.54) is 5.56 Å². The molecule has 1 atom stereocenters. The van der Waals surface area contributed by atoms with Crippen LogP contribution in [0.3, 0.4) is 0 Å². The minimum atomic E-state index is -0.487. The molecule has 6 rings (SSSR count). The van der Waals surface area contributed by atoms with E-state index in [2.05, 4.69) is 25.8 Å². The third-order valence-corrected chi connectivity index (χ3v) is 6.43. The van der Waals surface area contributed by atoms with E-state index in [1.807, 2.05) is 72.8 Å². The van der Waals surface area contributed by atoms with Crippen molar-refractivity contribution in [2.24, 2.45) is 0 Å². The van der Waals surface area contributed by atoms with E-state index in [-0.39, 0.29) is 22.6 Å². The molecule has 0 saturated carbocycles. The summed E-state index contributed by atoms with van der Waals surface area (Å²) >= 11 is 0. The van der Waals surface area contributed by atoms with Gasteiger partial charge in [-0.1, -0.05) is 75.4 Å². The van der Waals surface area contributed by atoms with Crippen LogP contribution in [0.25, 0.3) is 22.6 Å². The topological polar surface area (TPSA) is 68.1 Å². The average molecular weight is 434 g/mol. The molecular weight excluding hydrogens is 412 g/mol. The number of carbonyl (C=O) groups excluding carboxylic acids is 1. The van der Waals surface area contributed by atoms with Crippen LogP contribution in [0.4, 0.5) is 5.69 Å². The lowest BCUT2D eigenvalue weighted by atomic mass is 9.86. The first-order valence-electron chi connectivity index (χ1n) is 11.0. The molecule has 1 aromatic heterocycles. The molecule has 162 valence electrons. The van der Waals surface area contributed by atoms with Crippen LogP contribution in [0.5, 0.6) is 0 Å². The number of benzene rings is 3. The Kier molecular flexibility index (Phi) is 3.99. The SMILES string of the molecule is CC(C)(C)c1ccc(-c2nn3c(nc2=O)-c2ccccc2N2C(=O)c4ccccc4C23)cc1. The lowest BCUT2D eigenvalue weighted by Crippen LogP contribution is -2.39. The van der Waals surface area contributed by atoms with Gasteiger partial charge >= 0.3 is 0 Å². The molecule has 3 heterocycles. The molecule has 0 N–H and O–H groups in total. The molecule has 3 aromatic carbocycles. The van der Waals surface area contributed by atoms with Crippen LogP contribution in [0, 0.1) is 0 Å². The van der Waals surface area contributed by atoms with Gasteiger partial charge in [-0.05, 0) is 29.2 Å².